The van der Waals surface area contributed by atoms with Gasteiger partial charge in [-0.15, -0.1) is 0 Å². The maximum atomic E-state index is 13.6. The van der Waals surface area contributed by atoms with Gasteiger partial charge < -0.3 is 24.0 Å². The maximum absolute atomic E-state index is 13.6. The highest BCUT2D eigenvalue weighted by Crippen LogP contribution is 2.32. The van der Waals surface area contributed by atoms with Gasteiger partial charge in [0.05, 0.1) is 45.1 Å². The molecule has 2 aliphatic heterocycles. The molecule has 2 saturated heterocycles. The van der Waals surface area contributed by atoms with E-state index in [9.17, 15) is 24.3 Å². The Hall–Kier alpha value is -3.88. The summed E-state index contributed by atoms with van der Waals surface area (Å²) in [7, 11) is 1.52. The predicted molar refractivity (Wildman–Crippen MR) is 137 cm³/mol. The second-order valence-electron chi connectivity index (χ2n) is 10.0. The van der Waals surface area contributed by atoms with Crippen LogP contribution in [0.25, 0.3) is 0 Å². The van der Waals surface area contributed by atoms with Crippen LogP contribution in [0.2, 0.25) is 0 Å². The minimum absolute atomic E-state index is 0.0311. The van der Waals surface area contributed by atoms with E-state index in [1.54, 1.807) is 29.2 Å². The number of amides is 5. The number of carbonyl (C=O) groups is 4. The van der Waals surface area contributed by atoms with Crippen LogP contribution in [0.5, 0.6) is 5.75 Å². The standard InChI is InChI=1S/C26H32N6O8/c1-38-20-5-3-2-4-19(20)30(15-18-14-29(8-10-33)9-11-39-18)23(34)12-21-27-22(40-28-21)16-32-25(36)24(35)31(26(32)37)13-17-6-7-17/h2-5,17-18,33H,6-16H2,1H3. The van der Waals surface area contributed by atoms with E-state index in [0.29, 0.717) is 37.7 Å². The van der Waals surface area contributed by atoms with Gasteiger partial charge >= 0.3 is 17.8 Å². The van der Waals surface area contributed by atoms with Crippen LogP contribution in [0.4, 0.5) is 10.5 Å². The summed E-state index contributed by atoms with van der Waals surface area (Å²) in [6.07, 6.45) is 1.31. The van der Waals surface area contributed by atoms with Crippen LogP contribution < -0.4 is 9.64 Å². The molecule has 0 bridgehead atoms. The lowest BCUT2D eigenvalue weighted by atomic mass is 10.2. The van der Waals surface area contributed by atoms with Crippen molar-refractivity contribution in [1.29, 1.82) is 0 Å². The summed E-state index contributed by atoms with van der Waals surface area (Å²) >= 11 is 0. The first kappa shape index (κ1) is 27.7. The number of nitrogens with zero attached hydrogens (tertiary/aromatic N) is 6. The van der Waals surface area contributed by atoms with E-state index in [0.717, 1.165) is 22.6 Å². The zero-order valence-electron chi connectivity index (χ0n) is 22.2. The molecule has 3 aliphatic rings. The molecule has 0 radical (unpaired) electrons. The average Bonchev–Trinajstić information content (AvgIpc) is 3.64. The normalized spacial score (nSPS) is 19.9. The molecule has 1 N–H and O–H groups in total. The van der Waals surface area contributed by atoms with Crippen molar-refractivity contribution in [2.75, 3.05) is 57.9 Å². The highest BCUT2D eigenvalue weighted by Gasteiger charge is 2.46. The van der Waals surface area contributed by atoms with E-state index in [1.165, 1.54) is 7.11 Å². The zero-order valence-corrected chi connectivity index (χ0v) is 22.2. The van der Waals surface area contributed by atoms with Gasteiger partial charge in [-0.1, -0.05) is 17.3 Å². The number of hydrogen-bond acceptors (Lipinski definition) is 11. The van der Waals surface area contributed by atoms with E-state index < -0.39 is 17.8 Å². The molecule has 5 rings (SSSR count). The summed E-state index contributed by atoms with van der Waals surface area (Å²) in [5.74, 6) is -1.41. The fourth-order valence-electron chi connectivity index (χ4n) is 4.83. The fourth-order valence-corrected chi connectivity index (χ4v) is 4.83. The first-order chi connectivity index (χ1) is 19.4. The van der Waals surface area contributed by atoms with E-state index in [2.05, 4.69) is 15.0 Å². The van der Waals surface area contributed by atoms with Crippen molar-refractivity contribution in [3.63, 3.8) is 0 Å². The van der Waals surface area contributed by atoms with Crippen LogP contribution in [0.3, 0.4) is 0 Å². The lowest BCUT2D eigenvalue weighted by molar-refractivity contribution is -0.143. The molecule has 2 aromatic rings. The number of urea groups is 1. The third-order valence-corrected chi connectivity index (χ3v) is 7.09. The molecule has 40 heavy (non-hydrogen) atoms. The Balaban J connectivity index is 1.28. The molecule has 3 heterocycles. The van der Waals surface area contributed by atoms with Gasteiger partial charge in [-0.25, -0.2) is 9.69 Å². The SMILES string of the molecule is COc1ccccc1N(CC1CN(CCO)CCO1)C(=O)Cc1noc(CN2C(=O)C(=O)N(CC3CC3)C2=O)n1. The van der Waals surface area contributed by atoms with Gasteiger partial charge in [0.25, 0.3) is 0 Å². The van der Waals surface area contributed by atoms with Crippen molar-refractivity contribution in [3.05, 3.63) is 36.0 Å². The first-order valence-electron chi connectivity index (χ1n) is 13.2. The van der Waals surface area contributed by atoms with E-state index in [-0.39, 0.29) is 62.3 Å². The number of imide groups is 2. The molecule has 3 fully saturated rings. The Labute approximate surface area is 230 Å². The zero-order chi connectivity index (χ0) is 28.2. The Morgan fingerprint density at radius 1 is 1.18 bits per heavy atom. The number of ether oxygens (including phenoxy) is 2. The van der Waals surface area contributed by atoms with Gasteiger partial charge in [-0.05, 0) is 30.9 Å². The summed E-state index contributed by atoms with van der Waals surface area (Å²) < 4.78 is 16.6. The molecular formula is C26H32N6O8. The van der Waals surface area contributed by atoms with Gasteiger partial charge in [0.15, 0.2) is 5.82 Å². The second-order valence-corrected chi connectivity index (χ2v) is 10.0. The second kappa shape index (κ2) is 12.1. The molecule has 1 aromatic carbocycles. The number of methoxy groups -OCH3 is 1. The quantitative estimate of drug-likeness (QED) is 0.278. The Bertz CT molecular complexity index is 1260. The number of benzene rings is 1. The van der Waals surface area contributed by atoms with Crippen molar-refractivity contribution in [2.45, 2.75) is 31.9 Å². The van der Waals surface area contributed by atoms with Crippen LogP contribution in [0.1, 0.15) is 24.6 Å². The summed E-state index contributed by atoms with van der Waals surface area (Å²) in [6, 6.07) is 6.40. The van der Waals surface area contributed by atoms with Gasteiger partial charge in [-0.2, -0.15) is 4.98 Å². The summed E-state index contributed by atoms with van der Waals surface area (Å²) in [4.78, 5) is 60.5. The Morgan fingerprint density at radius 2 is 1.95 bits per heavy atom. The third kappa shape index (κ3) is 6.13. The number of morpholine rings is 1. The molecular weight excluding hydrogens is 524 g/mol. The molecule has 1 aromatic heterocycles. The van der Waals surface area contributed by atoms with Crippen molar-refractivity contribution < 1.29 is 38.3 Å². The molecule has 1 aliphatic carbocycles. The van der Waals surface area contributed by atoms with E-state index >= 15 is 0 Å². The highest BCUT2D eigenvalue weighted by molar-refractivity contribution is 6.44. The molecule has 14 heteroatoms. The number of aliphatic hydroxyl groups excluding tert-OH is 1. The lowest BCUT2D eigenvalue weighted by Gasteiger charge is -2.35. The molecule has 5 amide bonds. The van der Waals surface area contributed by atoms with E-state index in [4.69, 9.17) is 14.0 Å². The van der Waals surface area contributed by atoms with Crippen LogP contribution >= 0.6 is 0 Å². The van der Waals surface area contributed by atoms with E-state index in [1.807, 2.05) is 0 Å². The van der Waals surface area contributed by atoms with Crippen molar-refractivity contribution in [3.8, 4) is 5.75 Å². The average molecular weight is 557 g/mol. The van der Waals surface area contributed by atoms with Crippen LogP contribution in [0.15, 0.2) is 28.8 Å². The molecule has 0 spiro atoms. The molecule has 1 saturated carbocycles. The Morgan fingerprint density at radius 3 is 2.70 bits per heavy atom. The number of anilines is 1. The first-order valence-corrected chi connectivity index (χ1v) is 13.2. The molecule has 1 atom stereocenters. The Kier molecular flexibility index (Phi) is 8.38. The van der Waals surface area contributed by atoms with Gasteiger partial charge in [0.1, 0.15) is 12.3 Å². The van der Waals surface area contributed by atoms with Gasteiger partial charge in [-0.3, -0.25) is 24.2 Å². The van der Waals surface area contributed by atoms with Gasteiger partial charge in [0.2, 0.25) is 11.8 Å². The smallest absolute Gasteiger partial charge is 0.334 e. The monoisotopic (exact) mass is 556 g/mol. The maximum Gasteiger partial charge on any atom is 0.334 e. The van der Waals surface area contributed by atoms with Gasteiger partial charge in [0, 0.05) is 26.2 Å². The summed E-state index contributed by atoms with van der Waals surface area (Å²) in [5, 5.41) is 13.2. The number of carbonyl (C=O) groups excluding carboxylic acids is 4. The van der Waals surface area contributed by atoms with Crippen molar-refractivity contribution in [2.24, 2.45) is 5.92 Å². The summed E-state index contributed by atoms with van der Waals surface area (Å²) in [6.45, 7) is 2.34. The number of rotatable bonds is 12. The minimum atomic E-state index is -0.938. The number of aromatic nitrogens is 2. The third-order valence-electron chi connectivity index (χ3n) is 7.09. The van der Waals surface area contributed by atoms with Crippen LogP contribution in [-0.4, -0.2) is 113 Å². The number of β-amino-alcohol motifs (C(OH)–C–C–N with tert-alkyl or cyclic N) is 1. The minimum Gasteiger partial charge on any atom is -0.495 e. The topological polar surface area (TPSA) is 159 Å². The molecule has 14 nitrogen and oxygen atoms in total. The molecule has 214 valence electrons. The number of hydrogen-bond donors (Lipinski definition) is 1. The van der Waals surface area contributed by atoms with Crippen molar-refractivity contribution >= 4 is 29.4 Å². The molecule has 1 unspecified atom stereocenters. The highest BCUT2D eigenvalue weighted by atomic mass is 16.5. The summed E-state index contributed by atoms with van der Waals surface area (Å²) in [5.41, 5.74) is 0.545. The van der Waals surface area contributed by atoms with Crippen LogP contribution in [0, 0.1) is 5.92 Å². The van der Waals surface area contributed by atoms with Crippen molar-refractivity contribution in [1.82, 2.24) is 24.8 Å². The predicted octanol–water partition coefficient (Wildman–Crippen LogP) is 0.0478. The van der Waals surface area contributed by atoms with Crippen LogP contribution in [-0.2, 0) is 32.1 Å². The lowest BCUT2D eigenvalue weighted by Crippen LogP contribution is -2.49. The largest absolute Gasteiger partial charge is 0.495 e. The number of para-hydroxylation sites is 2. The number of aliphatic hydroxyl groups is 1. The fraction of sp³-hybridized carbons (Fsp3) is 0.538.